The van der Waals surface area contributed by atoms with Gasteiger partial charge < -0.3 is 19.9 Å². The average molecular weight is 307 g/mol. The monoisotopic (exact) mass is 307 g/mol. The third kappa shape index (κ3) is 3.93. The molecule has 22 heavy (non-hydrogen) atoms. The van der Waals surface area contributed by atoms with Crippen molar-refractivity contribution in [3.05, 3.63) is 23.8 Å². The van der Waals surface area contributed by atoms with Gasteiger partial charge in [-0.1, -0.05) is 19.9 Å². The van der Waals surface area contributed by atoms with E-state index < -0.39 is 0 Å². The highest BCUT2D eigenvalue weighted by atomic mass is 16.5. The molecule has 0 heterocycles. The smallest absolute Gasteiger partial charge is 0.161 e. The lowest BCUT2D eigenvalue weighted by Gasteiger charge is -2.25. The first-order chi connectivity index (χ1) is 10.5. The summed E-state index contributed by atoms with van der Waals surface area (Å²) in [4.78, 5) is 0. The average Bonchev–Trinajstić information content (AvgIpc) is 3.28. The lowest BCUT2D eigenvalue weighted by atomic mass is 9.90. The molecule has 2 rings (SSSR count). The number of methoxy groups -OCH3 is 1. The van der Waals surface area contributed by atoms with Gasteiger partial charge in [0.25, 0.3) is 0 Å². The molecule has 1 aromatic rings. The largest absolute Gasteiger partial charge is 0.493 e. The minimum Gasteiger partial charge on any atom is -0.493 e. The maximum absolute atomic E-state index is 10.3. The Hall–Kier alpha value is -1.26. The fourth-order valence-corrected chi connectivity index (χ4v) is 3.00. The highest BCUT2D eigenvalue weighted by Gasteiger charge is 2.49. The van der Waals surface area contributed by atoms with Crippen LogP contribution in [-0.2, 0) is 6.54 Å². The Labute approximate surface area is 133 Å². The quantitative estimate of drug-likeness (QED) is 0.736. The van der Waals surface area contributed by atoms with Gasteiger partial charge in [0.1, 0.15) is 0 Å². The molecule has 0 spiro atoms. The highest BCUT2D eigenvalue weighted by molar-refractivity contribution is 5.42. The maximum Gasteiger partial charge on any atom is 0.161 e. The molecular weight excluding hydrogens is 278 g/mol. The second-order valence-electron chi connectivity index (χ2n) is 6.57. The van der Waals surface area contributed by atoms with Gasteiger partial charge >= 0.3 is 0 Å². The number of hydrogen-bond donors (Lipinski definition) is 2. The van der Waals surface area contributed by atoms with Crippen molar-refractivity contribution in [3.63, 3.8) is 0 Å². The number of hydrogen-bond acceptors (Lipinski definition) is 4. The molecule has 0 aromatic heterocycles. The predicted octanol–water partition coefficient (Wildman–Crippen LogP) is 2.98. The van der Waals surface area contributed by atoms with Gasteiger partial charge in [-0.25, -0.2) is 0 Å². The van der Waals surface area contributed by atoms with E-state index >= 15 is 0 Å². The van der Waals surface area contributed by atoms with E-state index in [0.717, 1.165) is 37.4 Å². The SMILES string of the molecule is CCOc1cc(CNCC2([C@@H](O)C(C)C)CC2)ccc1OC. The number of aliphatic hydroxyl groups excluding tert-OH is 1. The van der Waals surface area contributed by atoms with Crippen LogP contribution in [0.15, 0.2) is 18.2 Å². The van der Waals surface area contributed by atoms with Crippen LogP contribution in [0.25, 0.3) is 0 Å². The van der Waals surface area contributed by atoms with Crippen molar-refractivity contribution in [2.45, 2.75) is 46.3 Å². The Bertz CT molecular complexity index is 483. The van der Waals surface area contributed by atoms with Gasteiger partial charge in [0.2, 0.25) is 0 Å². The molecule has 0 aliphatic heterocycles. The first kappa shape index (κ1) is 17.1. The van der Waals surface area contributed by atoms with Crippen LogP contribution in [0.5, 0.6) is 11.5 Å². The van der Waals surface area contributed by atoms with Gasteiger partial charge in [0.05, 0.1) is 19.8 Å². The van der Waals surface area contributed by atoms with Crippen LogP contribution in [0.1, 0.15) is 39.2 Å². The lowest BCUT2D eigenvalue weighted by molar-refractivity contribution is 0.0501. The molecule has 0 amide bonds. The summed E-state index contributed by atoms with van der Waals surface area (Å²) in [7, 11) is 1.65. The molecule has 0 unspecified atom stereocenters. The molecule has 4 nitrogen and oxygen atoms in total. The van der Waals surface area contributed by atoms with Crippen LogP contribution in [0.3, 0.4) is 0 Å². The zero-order valence-electron chi connectivity index (χ0n) is 14.2. The topological polar surface area (TPSA) is 50.7 Å². The Kier molecular flexibility index (Phi) is 5.70. The van der Waals surface area contributed by atoms with Gasteiger partial charge in [-0.2, -0.15) is 0 Å². The van der Waals surface area contributed by atoms with E-state index in [1.54, 1.807) is 7.11 Å². The van der Waals surface area contributed by atoms with Gasteiger partial charge in [-0.05, 0) is 43.4 Å². The summed E-state index contributed by atoms with van der Waals surface area (Å²) in [5, 5.41) is 13.8. The molecule has 0 saturated heterocycles. The van der Waals surface area contributed by atoms with Crippen molar-refractivity contribution < 1.29 is 14.6 Å². The van der Waals surface area contributed by atoms with Crippen LogP contribution in [0, 0.1) is 11.3 Å². The Morgan fingerprint density at radius 2 is 2.00 bits per heavy atom. The van der Waals surface area contributed by atoms with Crippen molar-refractivity contribution in [1.29, 1.82) is 0 Å². The van der Waals surface area contributed by atoms with E-state index in [9.17, 15) is 5.11 Å². The molecule has 4 heteroatoms. The Morgan fingerprint density at radius 3 is 2.55 bits per heavy atom. The lowest BCUT2D eigenvalue weighted by Crippen LogP contribution is -2.36. The number of nitrogens with one attached hydrogen (secondary N) is 1. The minimum atomic E-state index is -0.213. The number of ether oxygens (including phenoxy) is 2. The summed E-state index contributed by atoms with van der Waals surface area (Å²) in [6.07, 6.45) is 2.02. The molecule has 1 atom stereocenters. The summed E-state index contributed by atoms with van der Waals surface area (Å²) in [6, 6.07) is 6.01. The van der Waals surface area contributed by atoms with Crippen LogP contribution in [0.4, 0.5) is 0 Å². The summed E-state index contributed by atoms with van der Waals surface area (Å²) < 4.78 is 10.9. The molecule has 1 aliphatic rings. The van der Waals surface area contributed by atoms with Crippen molar-refractivity contribution >= 4 is 0 Å². The normalized spacial score (nSPS) is 17.4. The molecular formula is C18H29NO3. The fraction of sp³-hybridized carbons (Fsp3) is 0.667. The molecule has 1 aliphatic carbocycles. The third-order valence-corrected chi connectivity index (χ3v) is 4.49. The van der Waals surface area contributed by atoms with Gasteiger partial charge in [-0.15, -0.1) is 0 Å². The zero-order chi connectivity index (χ0) is 16.2. The predicted molar refractivity (Wildman–Crippen MR) is 88.4 cm³/mol. The van der Waals surface area contributed by atoms with Gasteiger partial charge in [-0.3, -0.25) is 0 Å². The number of aliphatic hydroxyl groups is 1. The Balaban J connectivity index is 1.91. The van der Waals surface area contributed by atoms with Crippen molar-refractivity contribution in [2.24, 2.45) is 11.3 Å². The summed E-state index contributed by atoms with van der Waals surface area (Å²) in [6.45, 7) is 8.40. The minimum absolute atomic E-state index is 0.0867. The second-order valence-corrected chi connectivity index (χ2v) is 6.57. The van der Waals surface area contributed by atoms with Crippen molar-refractivity contribution in [1.82, 2.24) is 5.32 Å². The standard InChI is InChI=1S/C18H29NO3/c1-5-22-16-10-14(6-7-15(16)21-4)11-19-12-18(8-9-18)17(20)13(2)3/h6-7,10,13,17,19-20H,5,8-9,11-12H2,1-4H3/t17-/m0/s1. The highest BCUT2D eigenvalue weighted by Crippen LogP contribution is 2.50. The van der Waals surface area contributed by atoms with Gasteiger partial charge in [0.15, 0.2) is 11.5 Å². The number of benzene rings is 1. The molecule has 0 bridgehead atoms. The fourth-order valence-electron chi connectivity index (χ4n) is 3.00. The first-order valence-corrected chi connectivity index (χ1v) is 8.21. The number of rotatable bonds is 9. The molecule has 1 saturated carbocycles. The molecule has 0 radical (unpaired) electrons. The second kappa shape index (κ2) is 7.34. The van der Waals surface area contributed by atoms with E-state index in [1.807, 2.05) is 25.1 Å². The van der Waals surface area contributed by atoms with E-state index in [4.69, 9.17) is 9.47 Å². The molecule has 1 fully saturated rings. The summed E-state index contributed by atoms with van der Waals surface area (Å²) in [5.74, 6) is 1.86. The molecule has 124 valence electrons. The zero-order valence-corrected chi connectivity index (χ0v) is 14.2. The summed E-state index contributed by atoms with van der Waals surface area (Å²) in [5.41, 5.74) is 1.25. The van der Waals surface area contributed by atoms with Crippen LogP contribution in [-0.4, -0.2) is 31.5 Å². The van der Waals surface area contributed by atoms with E-state index in [0.29, 0.717) is 12.5 Å². The molecule has 2 N–H and O–H groups in total. The first-order valence-electron chi connectivity index (χ1n) is 8.21. The van der Waals surface area contributed by atoms with Crippen molar-refractivity contribution in [3.8, 4) is 11.5 Å². The van der Waals surface area contributed by atoms with Crippen LogP contribution in [0.2, 0.25) is 0 Å². The maximum atomic E-state index is 10.3. The van der Waals surface area contributed by atoms with Gasteiger partial charge in [0, 0.05) is 18.5 Å². The summed E-state index contributed by atoms with van der Waals surface area (Å²) >= 11 is 0. The van der Waals surface area contributed by atoms with E-state index in [2.05, 4.69) is 19.2 Å². The third-order valence-electron chi connectivity index (χ3n) is 4.49. The Morgan fingerprint density at radius 1 is 1.27 bits per heavy atom. The molecule has 1 aromatic carbocycles. The van der Waals surface area contributed by atoms with E-state index in [1.165, 1.54) is 5.56 Å². The van der Waals surface area contributed by atoms with Crippen molar-refractivity contribution in [2.75, 3.05) is 20.3 Å². The van der Waals surface area contributed by atoms with Crippen LogP contribution < -0.4 is 14.8 Å². The van der Waals surface area contributed by atoms with Crippen LogP contribution >= 0.6 is 0 Å². The van der Waals surface area contributed by atoms with E-state index in [-0.39, 0.29) is 11.5 Å².